The number of aliphatic hydroxyl groups is 3. The molecule has 3 unspecified atom stereocenters. The largest absolute Gasteiger partial charge is 0.394 e. The maximum atomic E-state index is 12.4. The number of allylic oxidation sites excluding steroid dienone is 3. The molecule has 0 heterocycles. The first-order chi connectivity index (χ1) is 24.6. The molecule has 0 aliphatic carbocycles. The van der Waals surface area contributed by atoms with Crippen molar-refractivity contribution >= 4 is 5.91 Å². The second-order valence-corrected chi connectivity index (χ2v) is 15.3. The molecular weight excluding hydrogens is 618 g/mol. The van der Waals surface area contributed by atoms with Crippen LogP contribution in [0, 0.1) is 0 Å². The average molecular weight is 706 g/mol. The minimum Gasteiger partial charge on any atom is -0.394 e. The molecular formula is C45H87NO4. The van der Waals surface area contributed by atoms with Gasteiger partial charge in [0.25, 0.3) is 0 Å². The fraction of sp³-hybridized carbons (Fsp3) is 0.889. The minimum absolute atomic E-state index is 0.373. The molecule has 296 valence electrons. The van der Waals surface area contributed by atoms with Gasteiger partial charge in [0.1, 0.15) is 6.10 Å². The number of nitrogens with one attached hydrogen (secondary N) is 1. The van der Waals surface area contributed by atoms with Crippen molar-refractivity contribution in [2.75, 3.05) is 6.61 Å². The molecule has 1 amide bonds. The minimum atomic E-state index is -1.10. The highest BCUT2D eigenvalue weighted by Crippen LogP contribution is 2.16. The number of hydrogen-bond acceptors (Lipinski definition) is 4. The van der Waals surface area contributed by atoms with Gasteiger partial charge in [-0.1, -0.05) is 224 Å². The fourth-order valence-electron chi connectivity index (χ4n) is 6.79. The van der Waals surface area contributed by atoms with Gasteiger partial charge in [0.15, 0.2) is 0 Å². The third-order valence-corrected chi connectivity index (χ3v) is 10.3. The van der Waals surface area contributed by atoms with Crippen LogP contribution >= 0.6 is 0 Å². The summed E-state index contributed by atoms with van der Waals surface area (Å²) in [5.74, 6) is -0.510. The first-order valence-electron chi connectivity index (χ1n) is 22.2. The molecule has 3 atom stereocenters. The summed E-state index contributed by atoms with van der Waals surface area (Å²) in [5, 5.41) is 33.1. The standard InChI is InChI=1S/C45H87NO4/c1-3-5-7-9-11-13-15-17-19-20-21-22-23-24-25-26-28-30-32-34-36-38-40-44(49)45(50)46-42(41-47)43(48)39-37-35-33-31-29-27-18-16-14-12-10-8-6-4-2/h29,31,37,39,42-44,47-49H,3-28,30,32-36,38,40-41H2,1-2H3,(H,46,50)/b31-29+,39-37+. The van der Waals surface area contributed by atoms with Crippen molar-refractivity contribution in [3.63, 3.8) is 0 Å². The van der Waals surface area contributed by atoms with E-state index < -0.39 is 24.2 Å². The summed E-state index contributed by atoms with van der Waals surface area (Å²) in [6, 6.07) is -0.810. The summed E-state index contributed by atoms with van der Waals surface area (Å²) in [5.41, 5.74) is 0. The monoisotopic (exact) mass is 706 g/mol. The number of unbranched alkanes of at least 4 members (excludes halogenated alkanes) is 30. The maximum absolute atomic E-state index is 12.4. The lowest BCUT2D eigenvalue weighted by molar-refractivity contribution is -0.131. The molecule has 0 aromatic heterocycles. The molecule has 0 aliphatic rings. The molecule has 5 nitrogen and oxygen atoms in total. The number of hydrogen-bond donors (Lipinski definition) is 4. The first-order valence-corrected chi connectivity index (χ1v) is 22.2. The Hall–Kier alpha value is -1.17. The number of amides is 1. The molecule has 0 aromatic carbocycles. The lowest BCUT2D eigenvalue weighted by atomic mass is 10.0. The van der Waals surface area contributed by atoms with Gasteiger partial charge in [-0.05, 0) is 32.1 Å². The number of aliphatic hydroxyl groups excluding tert-OH is 3. The lowest BCUT2D eigenvalue weighted by Gasteiger charge is -2.21. The van der Waals surface area contributed by atoms with Gasteiger partial charge in [-0.15, -0.1) is 0 Å². The van der Waals surface area contributed by atoms with E-state index in [9.17, 15) is 20.1 Å². The van der Waals surface area contributed by atoms with Crippen LogP contribution in [0.4, 0.5) is 0 Å². The zero-order chi connectivity index (χ0) is 36.6. The van der Waals surface area contributed by atoms with Crippen molar-refractivity contribution in [2.45, 2.75) is 250 Å². The van der Waals surface area contributed by atoms with Crippen molar-refractivity contribution in [3.8, 4) is 0 Å². The van der Waals surface area contributed by atoms with Crippen LogP contribution in [0.2, 0.25) is 0 Å². The smallest absolute Gasteiger partial charge is 0.249 e. The van der Waals surface area contributed by atoms with Crippen LogP contribution in [0.5, 0.6) is 0 Å². The third kappa shape index (κ3) is 35.2. The molecule has 0 aliphatic heterocycles. The maximum Gasteiger partial charge on any atom is 0.249 e. The molecule has 0 bridgehead atoms. The van der Waals surface area contributed by atoms with E-state index in [-0.39, 0.29) is 6.61 Å². The van der Waals surface area contributed by atoms with Crippen LogP contribution in [0.3, 0.4) is 0 Å². The van der Waals surface area contributed by atoms with E-state index in [0.717, 1.165) is 38.5 Å². The normalized spacial score (nSPS) is 13.8. The molecule has 0 radical (unpaired) electrons. The Bertz CT molecular complexity index is 739. The van der Waals surface area contributed by atoms with Gasteiger partial charge in [0.05, 0.1) is 18.8 Å². The Balaban J connectivity index is 3.64. The Labute approximate surface area is 312 Å². The summed E-state index contributed by atoms with van der Waals surface area (Å²) in [6.45, 7) is 4.17. The van der Waals surface area contributed by atoms with Crippen LogP contribution in [0.25, 0.3) is 0 Å². The molecule has 0 spiro atoms. The lowest BCUT2D eigenvalue weighted by Crippen LogP contribution is -2.48. The molecule has 4 N–H and O–H groups in total. The molecule has 0 saturated carbocycles. The predicted molar refractivity (Wildman–Crippen MR) is 218 cm³/mol. The topological polar surface area (TPSA) is 89.8 Å². The second kappa shape index (κ2) is 40.6. The van der Waals surface area contributed by atoms with Gasteiger partial charge >= 0.3 is 0 Å². The van der Waals surface area contributed by atoms with Gasteiger partial charge in [-0.25, -0.2) is 0 Å². The summed E-state index contributed by atoms with van der Waals surface area (Å²) in [6.07, 6.45) is 49.3. The Kier molecular flexibility index (Phi) is 39.6. The second-order valence-electron chi connectivity index (χ2n) is 15.3. The van der Waals surface area contributed by atoms with E-state index in [0.29, 0.717) is 6.42 Å². The average Bonchev–Trinajstić information content (AvgIpc) is 3.12. The summed E-state index contributed by atoms with van der Waals surface area (Å²) in [7, 11) is 0. The predicted octanol–water partition coefficient (Wildman–Crippen LogP) is 12.6. The van der Waals surface area contributed by atoms with Crippen molar-refractivity contribution in [1.82, 2.24) is 5.32 Å². The van der Waals surface area contributed by atoms with Gasteiger partial charge in [0, 0.05) is 0 Å². The van der Waals surface area contributed by atoms with Crippen LogP contribution < -0.4 is 5.32 Å². The zero-order valence-electron chi connectivity index (χ0n) is 33.5. The number of rotatable bonds is 40. The van der Waals surface area contributed by atoms with Crippen molar-refractivity contribution in [3.05, 3.63) is 24.3 Å². The van der Waals surface area contributed by atoms with E-state index in [4.69, 9.17) is 0 Å². The van der Waals surface area contributed by atoms with Gasteiger partial charge < -0.3 is 20.6 Å². The zero-order valence-corrected chi connectivity index (χ0v) is 33.5. The highest BCUT2D eigenvalue weighted by atomic mass is 16.3. The van der Waals surface area contributed by atoms with E-state index in [1.807, 2.05) is 6.08 Å². The Morgan fingerprint density at radius 1 is 0.480 bits per heavy atom. The van der Waals surface area contributed by atoms with Crippen LogP contribution in [0.15, 0.2) is 24.3 Å². The van der Waals surface area contributed by atoms with Crippen molar-refractivity contribution in [1.29, 1.82) is 0 Å². The van der Waals surface area contributed by atoms with Crippen molar-refractivity contribution in [2.24, 2.45) is 0 Å². The third-order valence-electron chi connectivity index (χ3n) is 10.3. The fourth-order valence-corrected chi connectivity index (χ4v) is 6.79. The van der Waals surface area contributed by atoms with Crippen LogP contribution in [-0.2, 0) is 4.79 Å². The summed E-state index contributed by atoms with van der Waals surface area (Å²) >= 11 is 0. The van der Waals surface area contributed by atoms with Gasteiger partial charge in [0.2, 0.25) is 5.91 Å². The number of carbonyl (C=O) groups excluding carboxylic acids is 1. The van der Waals surface area contributed by atoms with Gasteiger partial charge in [-0.2, -0.15) is 0 Å². The van der Waals surface area contributed by atoms with E-state index in [1.54, 1.807) is 6.08 Å². The molecule has 0 fully saturated rings. The molecule has 0 rings (SSSR count). The Morgan fingerprint density at radius 2 is 0.820 bits per heavy atom. The molecule has 50 heavy (non-hydrogen) atoms. The summed E-state index contributed by atoms with van der Waals surface area (Å²) in [4.78, 5) is 12.4. The van der Waals surface area contributed by atoms with E-state index in [1.165, 1.54) is 173 Å². The quantitative estimate of drug-likeness (QED) is 0.0377. The van der Waals surface area contributed by atoms with Crippen LogP contribution in [0.1, 0.15) is 232 Å². The highest BCUT2D eigenvalue weighted by molar-refractivity contribution is 5.80. The molecule has 0 saturated heterocycles. The molecule has 0 aromatic rings. The highest BCUT2D eigenvalue weighted by Gasteiger charge is 2.22. The Morgan fingerprint density at radius 3 is 1.22 bits per heavy atom. The van der Waals surface area contributed by atoms with E-state index >= 15 is 0 Å². The van der Waals surface area contributed by atoms with E-state index in [2.05, 4.69) is 31.3 Å². The SMILES string of the molecule is CCCCCCCCCC/C=C/CC/C=C/C(O)C(CO)NC(=O)C(O)CCCCCCCCCCCCCCCCCCCCCCCC. The van der Waals surface area contributed by atoms with Crippen molar-refractivity contribution < 1.29 is 20.1 Å². The van der Waals surface area contributed by atoms with Crippen LogP contribution in [-0.4, -0.2) is 46.1 Å². The molecule has 5 heteroatoms. The first kappa shape index (κ1) is 48.8. The van der Waals surface area contributed by atoms with Gasteiger partial charge in [-0.3, -0.25) is 4.79 Å². The number of carbonyl (C=O) groups is 1. The summed E-state index contributed by atoms with van der Waals surface area (Å²) < 4.78 is 0.